The molecule has 0 spiro atoms. The topological polar surface area (TPSA) is 94.2 Å². The normalized spacial score (nSPS) is 17.3. The van der Waals surface area contributed by atoms with Gasteiger partial charge in [0.15, 0.2) is 0 Å². The van der Waals surface area contributed by atoms with Crippen molar-refractivity contribution < 1.29 is 27.1 Å². The van der Waals surface area contributed by atoms with E-state index in [1.54, 1.807) is 18.5 Å². The Bertz CT molecular complexity index is 1540. The van der Waals surface area contributed by atoms with Crippen LogP contribution < -0.4 is 10.5 Å². The van der Waals surface area contributed by atoms with Crippen LogP contribution in [0.4, 0.5) is 23.4 Å². The first-order valence-corrected chi connectivity index (χ1v) is 11.3. The zero-order valence-corrected chi connectivity index (χ0v) is 18.7. The second-order valence-electron chi connectivity index (χ2n) is 9.08. The molecule has 1 amide bonds. The van der Waals surface area contributed by atoms with Gasteiger partial charge in [0.2, 0.25) is 5.88 Å². The van der Waals surface area contributed by atoms with Gasteiger partial charge in [-0.25, -0.2) is 14.4 Å². The van der Waals surface area contributed by atoms with E-state index in [0.717, 1.165) is 25.0 Å². The van der Waals surface area contributed by atoms with Crippen molar-refractivity contribution in [2.45, 2.75) is 25.1 Å². The van der Waals surface area contributed by atoms with E-state index < -0.39 is 29.6 Å². The summed E-state index contributed by atoms with van der Waals surface area (Å²) in [5.74, 6) is -1.07. The van der Waals surface area contributed by atoms with Gasteiger partial charge in [0, 0.05) is 46.7 Å². The smallest absolute Gasteiger partial charge is 0.433 e. The summed E-state index contributed by atoms with van der Waals surface area (Å²) in [5.41, 5.74) is 5.42. The van der Waals surface area contributed by atoms with Gasteiger partial charge in [0.05, 0.1) is 17.1 Å². The fourth-order valence-corrected chi connectivity index (χ4v) is 4.63. The van der Waals surface area contributed by atoms with Crippen LogP contribution in [0.1, 0.15) is 40.5 Å². The molecule has 184 valence electrons. The van der Waals surface area contributed by atoms with Crippen LogP contribution >= 0.6 is 0 Å². The molecule has 11 heteroatoms. The lowest BCUT2D eigenvalue weighted by Gasteiger charge is -2.28. The lowest BCUT2D eigenvalue weighted by molar-refractivity contribution is -0.141. The molecule has 36 heavy (non-hydrogen) atoms. The third-order valence-corrected chi connectivity index (χ3v) is 6.65. The first-order valence-electron chi connectivity index (χ1n) is 11.3. The minimum absolute atomic E-state index is 0.0672. The summed E-state index contributed by atoms with van der Waals surface area (Å²) in [6, 6.07) is 5.74. The SMILES string of the molecule is Nc1nc2cc(F)c(C(=O)N(CC3CC3)[C@@H]3COc4nc(C(F)(F)F)ccc43)cc2c2cnccc12. The van der Waals surface area contributed by atoms with Crippen LogP contribution in [-0.2, 0) is 6.18 Å². The van der Waals surface area contributed by atoms with Gasteiger partial charge >= 0.3 is 6.18 Å². The van der Waals surface area contributed by atoms with Crippen molar-refractivity contribution in [2.24, 2.45) is 5.92 Å². The number of carbonyl (C=O) groups excluding carboxylic acids is 1. The van der Waals surface area contributed by atoms with Crippen LogP contribution in [0.2, 0.25) is 0 Å². The van der Waals surface area contributed by atoms with Crippen molar-refractivity contribution in [1.82, 2.24) is 19.9 Å². The van der Waals surface area contributed by atoms with Crippen molar-refractivity contribution in [2.75, 3.05) is 18.9 Å². The molecule has 1 saturated carbocycles. The first-order chi connectivity index (χ1) is 17.2. The average Bonchev–Trinajstić information content (AvgIpc) is 3.58. The van der Waals surface area contributed by atoms with Crippen molar-refractivity contribution >= 4 is 33.4 Å². The van der Waals surface area contributed by atoms with Crippen LogP contribution in [0, 0.1) is 11.7 Å². The van der Waals surface area contributed by atoms with E-state index in [4.69, 9.17) is 10.5 Å². The molecule has 7 nitrogen and oxygen atoms in total. The number of alkyl halides is 3. The fraction of sp³-hybridized carbons (Fsp3) is 0.280. The summed E-state index contributed by atoms with van der Waals surface area (Å²) in [6.07, 6.45) is 0.345. The zero-order chi connectivity index (χ0) is 25.2. The Morgan fingerprint density at radius 2 is 1.92 bits per heavy atom. The number of ether oxygens (including phenoxy) is 1. The lowest BCUT2D eigenvalue weighted by Crippen LogP contribution is -2.38. The molecule has 1 atom stereocenters. The summed E-state index contributed by atoms with van der Waals surface area (Å²) in [4.78, 5) is 27.2. The second-order valence-corrected chi connectivity index (χ2v) is 9.08. The standard InChI is InChI=1S/C25H19F4N5O2/c26-18-8-19-15(17-9-31-6-5-13(17)22(30)32-19)7-16(18)24(35)34(10-12-1-2-12)20-11-36-23-14(20)3-4-21(33-23)25(27,28)29/h3-9,12,20H,1-2,10-11H2,(H2,30,32)/t20-/m1/s1. The molecule has 0 saturated heterocycles. The summed E-state index contributed by atoms with van der Waals surface area (Å²) in [5, 5.41) is 1.77. The summed E-state index contributed by atoms with van der Waals surface area (Å²) in [7, 11) is 0. The maximum absolute atomic E-state index is 15.3. The van der Waals surface area contributed by atoms with Gasteiger partial charge in [-0.1, -0.05) is 0 Å². The van der Waals surface area contributed by atoms with E-state index >= 15 is 4.39 Å². The van der Waals surface area contributed by atoms with Crippen LogP contribution in [0.15, 0.2) is 42.7 Å². The summed E-state index contributed by atoms with van der Waals surface area (Å²) in [6.45, 7) is 0.259. The number of nitrogens with two attached hydrogens (primary N) is 1. The Kier molecular flexibility index (Phi) is 4.99. The van der Waals surface area contributed by atoms with Gasteiger partial charge in [-0.3, -0.25) is 9.78 Å². The number of pyridine rings is 3. The van der Waals surface area contributed by atoms with Crippen LogP contribution in [0.25, 0.3) is 21.7 Å². The number of nitrogen functional groups attached to an aromatic ring is 1. The van der Waals surface area contributed by atoms with Gasteiger partial charge < -0.3 is 15.4 Å². The molecule has 0 unspecified atom stereocenters. The largest absolute Gasteiger partial charge is 0.475 e. The molecule has 1 aliphatic carbocycles. The van der Waals surface area contributed by atoms with Gasteiger partial charge in [-0.05, 0) is 43.0 Å². The molecule has 3 aromatic heterocycles. The number of hydrogen-bond donors (Lipinski definition) is 1. The Morgan fingerprint density at radius 1 is 1.11 bits per heavy atom. The van der Waals surface area contributed by atoms with Crippen LogP contribution in [0.3, 0.4) is 0 Å². The number of nitrogens with zero attached hydrogens (tertiary/aromatic N) is 4. The lowest BCUT2D eigenvalue weighted by atomic mass is 10.0. The predicted octanol–water partition coefficient (Wildman–Crippen LogP) is 4.90. The molecule has 4 aromatic rings. The van der Waals surface area contributed by atoms with Gasteiger partial charge in [0.1, 0.15) is 23.9 Å². The molecular formula is C25H19F4N5O2. The number of hydrogen-bond acceptors (Lipinski definition) is 6. The maximum atomic E-state index is 15.3. The van der Waals surface area contributed by atoms with Gasteiger partial charge in [-0.15, -0.1) is 0 Å². The van der Waals surface area contributed by atoms with E-state index in [-0.39, 0.29) is 35.3 Å². The molecule has 0 radical (unpaired) electrons. The monoisotopic (exact) mass is 497 g/mol. The Labute approximate surface area is 201 Å². The number of benzene rings is 1. The third kappa shape index (κ3) is 3.75. The van der Waals surface area contributed by atoms with E-state index in [1.807, 2.05) is 0 Å². The van der Waals surface area contributed by atoms with Crippen molar-refractivity contribution in [3.63, 3.8) is 0 Å². The molecule has 6 rings (SSSR count). The molecule has 2 aliphatic rings. The number of anilines is 1. The molecule has 1 fully saturated rings. The quantitative estimate of drug-likeness (QED) is 0.318. The van der Waals surface area contributed by atoms with Crippen LogP contribution in [-0.4, -0.2) is 38.9 Å². The highest BCUT2D eigenvalue weighted by atomic mass is 19.4. The predicted molar refractivity (Wildman–Crippen MR) is 123 cm³/mol. The summed E-state index contributed by atoms with van der Waals surface area (Å²) >= 11 is 0. The van der Waals surface area contributed by atoms with E-state index in [2.05, 4.69) is 15.0 Å². The second kappa shape index (κ2) is 8.00. The number of fused-ring (bicyclic) bond motifs is 4. The number of halogens is 4. The number of carbonyl (C=O) groups is 1. The van der Waals surface area contributed by atoms with Crippen molar-refractivity contribution in [3.8, 4) is 5.88 Å². The van der Waals surface area contributed by atoms with Crippen molar-refractivity contribution in [1.29, 1.82) is 0 Å². The minimum Gasteiger partial charge on any atom is -0.475 e. The molecular weight excluding hydrogens is 478 g/mol. The third-order valence-electron chi connectivity index (χ3n) is 6.65. The summed E-state index contributed by atoms with van der Waals surface area (Å²) < 4.78 is 60.1. The molecule has 1 aromatic carbocycles. The Balaban J connectivity index is 1.43. The minimum atomic E-state index is -4.62. The van der Waals surface area contributed by atoms with Gasteiger partial charge in [-0.2, -0.15) is 13.2 Å². The van der Waals surface area contributed by atoms with E-state index in [1.165, 1.54) is 17.0 Å². The van der Waals surface area contributed by atoms with Crippen molar-refractivity contribution in [3.05, 3.63) is 65.4 Å². The van der Waals surface area contributed by atoms with E-state index in [0.29, 0.717) is 28.3 Å². The number of amides is 1. The highest BCUT2D eigenvalue weighted by Gasteiger charge is 2.40. The fourth-order valence-electron chi connectivity index (χ4n) is 4.63. The Morgan fingerprint density at radius 3 is 2.67 bits per heavy atom. The van der Waals surface area contributed by atoms with E-state index in [9.17, 15) is 18.0 Å². The van der Waals surface area contributed by atoms with Gasteiger partial charge in [0.25, 0.3) is 5.91 Å². The zero-order valence-electron chi connectivity index (χ0n) is 18.7. The van der Waals surface area contributed by atoms with Crippen LogP contribution in [0.5, 0.6) is 5.88 Å². The average molecular weight is 497 g/mol. The first kappa shape index (κ1) is 22.4. The number of aromatic nitrogens is 3. The number of rotatable bonds is 4. The molecule has 0 bridgehead atoms. The maximum Gasteiger partial charge on any atom is 0.433 e. The highest BCUT2D eigenvalue weighted by molar-refractivity contribution is 6.11. The molecule has 4 heterocycles. The highest BCUT2D eigenvalue weighted by Crippen LogP contribution is 2.41. The molecule has 1 aliphatic heterocycles. The Hall–Kier alpha value is -4.02. The molecule has 2 N–H and O–H groups in total.